The van der Waals surface area contributed by atoms with E-state index in [1.54, 1.807) is 21.6 Å². The van der Waals surface area contributed by atoms with Crippen LogP contribution in [0.4, 0.5) is 0 Å². The maximum atomic E-state index is 12.9. The van der Waals surface area contributed by atoms with Gasteiger partial charge in [-0.2, -0.15) is 5.26 Å². The molecule has 2 amide bonds. The minimum Gasteiger partial charge on any atom is -0.331 e. The SMILES string of the molecule is N#C[C@@H]1CSCN1C(=O)[C@H]1CCCN1C(=O)CC[C@H]1CCc2ccccc2C1. The number of nitriles is 1. The van der Waals surface area contributed by atoms with Crippen molar-refractivity contribution in [2.75, 3.05) is 18.2 Å². The van der Waals surface area contributed by atoms with Crippen LogP contribution in [0, 0.1) is 17.2 Å². The summed E-state index contributed by atoms with van der Waals surface area (Å²) in [5.74, 6) is 1.86. The smallest absolute Gasteiger partial charge is 0.247 e. The van der Waals surface area contributed by atoms with E-state index in [-0.39, 0.29) is 23.9 Å². The van der Waals surface area contributed by atoms with Gasteiger partial charge in [-0.05, 0) is 55.6 Å². The maximum absolute atomic E-state index is 12.9. The van der Waals surface area contributed by atoms with Gasteiger partial charge in [0.1, 0.15) is 12.1 Å². The number of amides is 2. The third-order valence-electron chi connectivity index (χ3n) is 6.39. The Morgan fingerprint density at radius 3 is 2.82 bits per heavy atom. The van der Waals surface area contributed by atoms with Crippen LogP contribution in [-0.4, -0.2) is 51.9 Å². The van der Waals surface area contributed by atoms with E-state index in [9.17, 15) is 14.9 Å². The van der Waals surface area contributed by atoms with Crippen molar-refractivity contribution < 1.29 is 9.59 Å². The van der Waals surface area contributed by atoms with Gasteiger partial charge in [-0.1, -0.05) is 24.3 Å². The van der Waals surface area contributed by atoms with Crippen molar-refractivity contribution in [3.05, 3.63) is 35.4 Å². The molecule has 2 heterocycles. The van der Waals surface area contributed by atoms with Gasteiger partial charge in [-0.25, -0.2) is 0 Å². The number of benzene rings is 1. The third kappa shape index (κ3) is 3.91. The van der Waals surface area contributed by atoms with E-state index in [0.29, 0.717) is 30.5 Å². The van der Waals surface area contributed by atoms with Gasteiger partial charge < -0.3 is 9.80 Å². The zero-order chi connectivity index (χ0) is 19.5. The fourth-order valence-corrected chi connectivity index (χ4v) is 5.86. The molecule has 1 aliphatic carbocycles. The van der Waals surface area contributed by atoms with Crippen molar-refractivity contribution in [1.82, 2.24) is 9.80 Å². The van der Waals surface area contributed by atoms with Crippen molar-refractivity contribution in [1.29, 1.82) is 5.26 Å². The van der Waals surface area contributed by atoms with Crippen LogP contribution in [0.3, 0.4) is 0 Å². The average Bonchev–Trinajstić information content (AvgIpc) is 3.40. The molecular formula is C22H27N3O2S. The summed E-state index contributed by atoms with van der Waals surface area (Å²) in [6.45, 7) is 0.668. The number of hydrogen-bond acceptors (Lipinski definition) is 4. The van der Waals surface area contributed by atoms with Crippen LogP contribution in [-0.2, 0) is 22.4 Å². The van der Waals surface area contributed by atoms with E-state index >= 15 is 0 Å². The lowest BCUT2D eigenvalue weighted by Crippen LogP contribution is -2.49. The zero-order valence-electron chi connectivity index (χ0n) is 16.2. The normalized spacial score (nSPS) is 26.8. The molecule has 28 heavy (non-hydrogen) atoms. The molecule has 0 aromatic heterocycles. The lowest BCUT2D eigenvalue weighted by atomic mass is 9.81. The molecule has 2 aliphatic heterocycles. The van der Waals surface area contributed by atoms with E-state index in [0.717, 1.165) is 38.5 Å². The number of thioether (sulfide) groups is 1. The topological polar surface area (TPSA) is 64.4 Å². The lowest BCUT2D eigenvalue weighted by molar-refractivity contribution is -0.143. The van der Waals surface area contributed by atoms with E-state index < -0.39 is 0 Å². The molecule has 2 saturated heterocycles. The standard InChI is InChI=1S/C22H27N3O2S/c23-13-19-14-28-15-25(19)22(27)20-6-3-11-24(20)21(26)10-8-16-7-9-17-4-1-2-5-18(17)12-16/h1-2,4-5,16,19-20H,3,6-12,14-15H2/t16-,19-,20-/m1/s1. The Labute approximate surface area is 171 Å². The molecule has 0 bridgehead atoms. The van der Waals surface area contributed by atoms with Crippen molar-refractivity contribution in [3.8, 4) is 6.07 Å². The van der Waals surface area contributed by atoms with Gasteiger partial charge in [0, 0.05) is 18.7 Å². The predicted molar refractivity (Wildman–Crippen MR) is 109 cm³/mol. The summed E-state index contributed by atoms with van der Waals surface area (Å²) in [6.07, 6.45) is 6.31. The second-order valence-corrected chi connectivity index (χ2v) is 9.11. The predicted octanol–water partition coefficient (Wildman–Crippen LogP) is 2.99. The Bertz CT molecular complexity index is 790. The lowest BCUT2D eigenvalue weighted by Gasteiger charge is -2.30. The first-order valence-corrected chi connectivity index (χ1v) is 11.5. The van der Waals surface area contributed by atoms with E-state index in [1.807, 2.05) is 0 Å². The quantitative estimate of drug-likeness (QED) is 0.783. The molecule has 6 heteroatoms. The van der Waals surface area contributed by atoms with Gasteiger partial charge >= 0.3 is 0 Å². The van der Waals surface area contributed by atoms with Crippen LogP contribution in [0.2, 0.25) is 0 Å². The molecule has 4 rings (SSSR count). The molecule has 5 nitrogen and oxygen atoms in total. The molecule has 0 radical (unpaired) electrons. The Kier molecular flexibility index (Phi) is 5.91. The fraction of sp³-hybridized carbons (Fsp3) is 0.591. The first-order valence-electron chi connectivity index (χ1n) is 10.3. The molecule has 0 saturated carbocycles. The van der Waals surface area contributed by atoms with E-state index in [2.05, 4.69) is 30.3 Å². The van der Waals surface area contributed by atoms with Gasteiger partial charge in [-0.15, -0.1) is 11.8 Å². The summed E-state index contributed by atoms with van der Waals surface area (Å²) < 4.78 is 0. The fourth-order valence-electron chi connectivity index (χ4n) is 4.77. The number of carbonyl (C=O) groups is 2. The van der Waals surface area contributed by atoms with Gasteiger partial charge in [0.05, 0.1) is 11.9 Å². The Morgan fingerprint density at radius 1 is 1.18 bits per heavy atom. The van der Waals surface area contributed by atoms with E-state index in [4.69, 9.17) is 0 Å². The number of carbonyl (C=O) groups excluding carboxylic acids is 2. The van der Waals surface area contributed by atoms with Crippen LogP contribution < -0.4 is 0 Å². The second-order valence-electron chi connectivity index (χ2n) is 8.11. The molecule has 1 aromatic rings. The Balaban J connectivity index is 1.33. The highest BCUT2D eigenvalue weighted by molar-refractivity contribution is 7.99. The highest BCUT2D eigenvalue weighted by Crippen LogP contribution is 2.30. The highest BCUT2D eigenvalue weighted by Gasteiger charge is 2.40. The van der Waals surface area contributed by atoms with Crippen molar-refractivity contribution in [2.24, 2.45) is 5.92 Å². The number of aryl methyl sites for hydroxylation is 1. The molecule has 2 fully saturated rings. The molecule has 0 N–H and O–H groups in total. The largest absolute Gasteiger partial charge is 0.331 e. The molecule has 3 aliphatic rings. The summed E-state index contributed by atoms with van der Waals surface area (Å²) >= 11 is 1.61. The van der Waals surface area contributed by atoms with Gasteiger partial charge in [0.2, 0.25) is 11.8 Å². The monoisotopic (exact) mass is 397 g/mol. The minimum absolute atomic E-state index is 0.0333. The second kappa shape index (κ2) is 8.57. The van der Waals surface area contributed by atoms with Crippen LogP contribution in [0.5, 0.6) is 0 Å². The first-order chi connectivity index (χ1) is 13.7. The van der Waals surface area contributed by atoms with Crippen molar-refractivity contribution >= 4 is 23.6 Å². The molecule has 1 aromatic carbocycles. The highest BCUT2D eigenvalue weighted by atomic mass is 32.2. The minimum atomic E-state index is -0.367. The summed E-state index contributed by atoms with van der Waals surface area (Å²) in [7, 11) is 0. The molecule has 148 valence electrons. The molecule has 0 unspecified atom stereocenters. The Hall–Kier alpha value is -2.00. The van der Waals surface area contributed by atoms with Crippen molar-refractivity contribution in [2.45, 2.75) is 57.0 Å². The van der Waals surface area contributed by atoms with Crippen molar-refractivity contribution in [3.63, 3.8) is 0 Å². The number of fused-ring (bicyclic) bond motifs is 1. The zero-order valence-corrected chi connectivity index (χ0v) is 17.0. The number of hydrogen-bond donors (Lipinski definition) is 0. The number of rotatable bonds is 4. The summed E-state index contributed by atoms with van der Waals surface area (Å²) in [5, 5.41) is 9.26. The maximum Gasteiger partial charge on any atom is 0.247 e. The Morgan fingerprint density at radius 2 is 2.00 bits per heavy atom. The number of likely N-dealkylation sites (tertiary alicyclic amines) is 1. The van der Waals surface area contributed by atoms with Gasteiger partial charge in [-0.3, -0.25) is 9.59 Å². The number of nitrogens with zero attached hydrogens (tertiary/aromatic N) is 3. The summed E-state index contributed by atoms with van der Waals surface area (Å²) in [4.78, 5) is 29.3. The molecular weight excluding hydrogens is 370 g/mol. The molecule has 0 spiro atoms. The first kappa shape index (κ1) is 19.3. The van der Waals surface area contributed by atoms with Crippen LogP contribution in [0.1, 0.15) is 43.2 Å². The van der Waals surface area contributed by atoms with E-state index in [1.165, 1.54) is 11.1 Å². The average molecular weight is 398 g/mol. The summed E-state index contributed by atoms with van der Waals surface area (Å²) in [6, 6.07) is 10.1. The van der Waals surface area contributed by atoms with Gasteiger partial charge in [0.25, 0.3) is 0 Å². The van der Waals surface area contributed by atoms with Gasteiger partial charge in [0.15, 0.2) is 0 Å². The van der Waals surface area contributed by atoms with Crippen LogP contribution >= 0.6 is 11.8 Å². The van der Waals surface area contributed by atoms with Crippen LogP contribution in [0.25, 0.3) is 0 Å². The third-order valence-corrected chi connectivity index (χ3v) is 7.40. The summed E-state index contributed by atoms with van der Waals surface area (Å²) in [5.41, 5.74) is 2.88. The van der Waals surface area contributed by atoms with Crippen LogP contribution in [0.15, 0.2) is 24.3 Å². The molecule has 3 atom stereocenters.